The molecule has 0 aromatic heterocycles. The van der Waals surface area contributed by atoms with Crippen molar-refractivity contribution in [3.63, 3.8) is 0 Å². The van der Waals surface area contributed by atoms with E-state index in [2.05, 4.69) is 0 Å². The molecule has 4 atom stereocenters. The van der Waals surface area contributed by atoms with Gasteiger partial charge < -0.3 is 28.7 Å². The largest absolute Gasteiger partial charge is 0.454 e. The Hall–Kier alpha value is -4.28. The first-order chi connectivity index (χ1) is 25.4. The minimum absolute atomic E-state index is 0.134. The summed E-state index contributed by atoms with van der Waals surface area (Å²) >= 11 is 0. The minimum Gasteiger partial charge on any atom is -0.454 e. The van der Waals surface area contributed by atoms with Gasteiger partial charge in [-0.25, -0.2) is 9.59 Å². The maximum atomic E-state index is 13.1. The van der Waals surface area contributed by atoms with E-state index >= 15 is 0 Å². The number of hydrogen-bond donors (Lipinski definition) is 0. The molecule has 2 saturated carbocycles. The van der Waals surface area contributed by atoms with Crippen LogP contribution in [0.15, 0.2) is 48.6 Å². The van der Waals surface area contributed by atoms with Crippen LogP contribution in [0.4, 0.5) is 11.4 Å². The maximum absolute atomic E-state index is 13.1. The number of nitrogens with zero attached hydrogens (tertiary/aromatic N) is 2. The fourth-order valence-corrected chi connectivity index (χ4v) is 8.99. The van der Waals surface area contributed by atoms with Gasteiger partial charge in [0.25, 0.3) is 0 Å². The Morgan fingerprint density at radius 1 is 0.596 bits per heavy atom. The average Bonchev–Trinajstić information content (AvgIpc) is 3.98. The number of fused-ring (bicyclic) bond motifs is 3. The molecule has 0 bridgehead atoms. The molecule has 2 aromatic carbocycles. The van der Waals surface area contributed by atoms with E-state index in [0.29, 0.717) is 13.1 Å². The summed E-state index contributed by atoms with van der Waals surface area (Å²) in [6.07, 6.45) is 16.5. The molecule has 6 aliphatic rings. The van der Waals surface area contributed by atoms with Crippen LogP contribution in [-0.4, -0.2) is 74.5 Å². The fourth-order valence-electron chi connectivity index (χ4n) is 8.99. The van der Waals surface area contributed by atoms with Gasteiger partial charge in [-0.2, -0.15) is 0 Å². The van der Waals surface area contributed by atoms with E-state index in [0.717, 1.165) is 97.8 Å². The zero-order valence-electron chi connectivity index (χ0n) is 29.7. The predicted molar refractivity (Wildman–Crippen MR) is 195 cm³/mol. The van der Waals surface area contributed by atoms with E-state index in [9.17, 15) is 19.2 Å². The van der Waals surface area contributed by atoms with Crippen molar-refractivity contribution in [3.05, 3.63) is 70.8 Å². The van der Waals surface area contributed by atoms with Gasteiger partial charge in [-0.3, -0.25) is 9.59 Å². The summed E-state index contributed by atoms with van der Waals surface area (Å²) in [6.45, 7) is 1.71. The first-order valence-electron chi connectivity index (χ1n) is 19.3. The van der Waals surface area contributed by atoms with E-state index in [1.807, 2.05) is 46.2 Å². The van der Waals surface area contributed by atoms with Crippen LogP contribution < -0.4 is 9.80 Å². The molecule has 4 heterocycles. The van der Waals surface area contributed by atoms with E-state index in [-0.39, 0.29) is 36.9 Å². The van der Waals surface area contributed by atoms with Crippen molar-refractivity contribution in [2.24, 2.45) is 11.8 Å². The molecule has 10 heteroatoms. The number of rotatable bonds is 8. The average molecular weight is 709 g/mol. The quantitative estimate of drug-likeness (QED) is 0.244. The lowest BCUT2D eigenvalue weighted by Crippen LogP contribution is -2.35. The van der Waals surface area contributed by atoms with Crippen LogP contribution in [0.2, 0.25) is 0 Å². The van der Waals surface area contributed by atoms with Gasteiger partial charge >= 0.3 is 11.9 Å². The first kappa shape index (κ1) is 34.8. The topological polar surface area (TPSA) is 112 Å². The van der Waals surface area contributed by atoms with E-state index in [1.165, 1.54) is 25.0 Å². The van der Waals surface area contributed by atoms with Gasteiger partial charge in [-0.15, -0.1) is 0 Å². The maximum Gasteiger partial charge on any atom is 0.331 e. The fraction of sp³-hybridized carbons (Fsp3) is 0.524. The summed E-state index contributed by atoms with van der Waals surface area (Å²) in [5.74, 6) is -0.254. The molecule has 2 amide bonds. The smallest absolute Gasteiger partial charge is 0.331 e. The number of carbonyl (C=O) groups excluding carboxylic acids is 4. The van der Waals surface area contributed by atoms with Gasteiger partial charge in [0, 0.05) is 48.5 Å². The monoisotopic (exact) mass is 708 g/mol. The Morgan fingerprint density at radius 2 is 1.02 bits per heavy atom. The second-order valence-electron chi connectivity index (χ2n) is 15.1. The standard InChI is InChI=1S/C42H48N2O8/c45-37(17-13-27-11-15-33-31(23-27)19-21-43(33)41(47)29-7-3-1-4-8-29)51-35-25-49-40-36(26-50-39(35)40)52-38(46)18-14-28-12-16-34-32(24-28)20-22-44(34)42(48)30-9-5-2-6-10-30/h11-18,23-24,29-30,35-36,39-40H,1-10,19-22,25-26H2/b17-13+,18-14+/t35-,36+,39-,40-/m1/s1. The molecule has 274 valence electrons. The third kappa shape index (κ3) is 7.33. The summed E-state index contributed by atoms with van der Waals surface area (Å²) < 4.78 is 23.2. The number of amides is 2. The Morgan fingerprint density at radius 3 is 1.44 bits per heavy atom. The summed E-state index contributed by atoms with van der Waals surface area (Å²) in [6, 6.07) is 11.9. The minimum atomic E-state index is -0.614. The van der Waals surface area contributed by atoms with Gasteiger partial charge in [0.15, 0.2) is 12.2 Å². The number of hydrogen-bond acceptors (Lipinski definition) is 8. The van der Waals surface area contributed by atoms with Crippen LogP contribution in [0.3, 0.4) is 0 Å². The molecule has 52 heavy (non-hydrogen) atoms. The molecule has 2 saturated heterocycles. The summed E-state index contributed by atoms with van der Waals surface area (Å²) in [5, 5.41) is 0. The molecule has 0 unspecified atom stereocenters. The predicted octanol–water partition coefficient (Wildman–Crippen LogP) is 5.97. The van der Waals surface area contributed by atoms with Crippen molar-refractivity contribution in [1.82, 2.24) is 0 Å². The van der Waals surface area contributed by atoms with Crippen LogP contribution in [-0.2, 0) is 51.0 Å². The van der Waals surface area contributed by atoms with Crippen molar-refractivity contribution >= 4 is 47.3 Å². The van der Waals surface area contributed by atoms with E-state index < -0.39 is 36.4 Å². The molecule has 2 aliphatic carbocycles. The molecular formula is C42H48N2O8. The lowest BCUT2D eigenvalue weighted by atomic mass is 9.88. The third-order valence-electron chi connectivity index (χ3n) is 11.8. The molecule has 0 radical (unpaired) electrons. The summed E-state index contributed by atoms with van der Waals surface area (Å²) in [4.78, 5) is 55.8. The van der Waals surface area contributed by atoms with Crippen LogP contribution in [0.25, 0.3) is 12.2 Å². The molecule has 4 aliphatic heterocycles. The van der Waals surface area contributed by atoms with Gasteiger partial charge in [0.05, 0.1) is 13.2 Å². The highest BCUT2D eigenvalue weighted by Gasteiger charge is 2.51. The number of ether oxygens (including phenoxy) is 4. The van der Waals surface area contributed by atoms with Crippen molar-refractivity contribution in [3.8, 4) is 0 Å². The zero-order chi connectivity index (χ0) is 35.6. The van der Waals surface area contributed by atoms with E-state index in [4.69, 9.17) is 18.9 Å². The lowest BCUT2D eigenvalue weighted by molar-refractivity contribution is -0.149. The normalized spacial score (nSPS) is 26.2. The van der Waals surface area contributed by atoms with Gasteiger partial charge in [-0.1, -0.05) is 50.7 Å². The van der Waals surface area contributed by atoms with Crippen molar-refractivity contribution < 1.29 is 38.1 Å². The summed E-state index contributed by atoms with van der Waals surface area (Å²) in [5.41, 5.74) is 5.92. The lowest BCUT2D eigenvalue weighted by Gasteiger charge is -2.26. The molecule has 0 spiro atoms. The molecular weight excluding hydrogens is 660 g/mol. The molecule has 4 fully saturated rings. The molecule has 2 aromatic rings. The summed E-state index contributed by atoms with van der Waals surface area (Å²) in [7, 11) is 0. The van der Waals surface area contributed by atoms with E-state index in [1.54, 1.807) is 12.2 Å². The molecule has 0 N–H and O–H groups in total. The number of carbonyl (C=O) groups is 4. The van der Waals surface area contributed by atoms with Crippen LogP contribution >= 0.6 is 0 Å². The van der Waals surface area contributed by atoms with Crippen molar-refractivity contribution in [2.45, 2.75) is 101 Å². The van der Waals surface area contributed by atoms with Crippen LogP contribution in [0.5, 0.6) is 0 Å². The highest BCUT2D eigenvalue weighted by atomic mass is 16.7. The third-order valence-corrected chi connectivity index (χ3v) is 11.8. The zero-order valence-corrected chi connectivity index (χ0v) is 29.7. The number of esters is 2. The van der Waals surface area contributed by atoms with Crippen LogP contribution in [0.1, 0.15) is 86.5 Å². The highest BCUT2D eigenvalue weighted by Crippen LogP contribution is 2.36. The SMILES string of the molecule is O=C(/C=C/c1ccc2c(c1)CCN2C(=O)C1CCCCC1)O[C@H]1CO[C@H]2[C@@H]1OC[C@H]2OC(=O)/C=C/c1ccc2c(c1)CCN2C(=O)C1CCCCC1. The van der Waals surface area contributed by atoms with Gasteiger partial charge in [0.1, 0.15) is 12.2 Å². The van der Waals surface area contributed by atoms with Crippen molar-refractivity contribution in [2.75, 3.05) is 36.1 Å². The Labute approximate surface area is 305 Å². The number of benzene rings is 2. The van der Waals surface area contributed by atoms with Crippen LogP contribution in [0, 0.1) is 11.8 Å². The Kier molecular flexibility index (Phi) is 10.3. The van der Waals surface area contributed by atoms with Gasteiger partial charge in [-0.05, 0) is 97.2 Å². The van der Waals surface area contributed by atoms with Gasteiger partial charge in [0.2, 0.25) is 11.8 Å². The highest BCUT2D eigenvalue weighted by molar-refractivity contribution is 5.98. The Balaban J connectivity index is 0.805. The first-order valence-corrected chi connectivity index (χ1v) is 19.3. The Bertz CT molecular complexity index is 1630. The number of anilines is 2. The molecule has 8 rings (SSSR count). The second kappa shape index (κ2) is 15.4. The molecule has 10 nitrogen and oxygen atoms in total. The second-order valence-corrected chi connectivity index (χ2v) is 15.1. The van der Waals surface area contributed by atoms with Crippen molar-refractivity contribution in [1.29, 1.82) is 0 Å².